The van der Waals surface area contributed by atoms with Crippen molar-refractivity contribution in [1.82, 2.24) is 4.68 Å². The van der Waals surface area contributed by atoms with Crippen molar-refractivity contribution in [2.75, 3.05) is 0 Å². The Morgan fingerprint density at radius 3 is 2.59 bits per heavy atom. The van der Waals surface area contributed by atoms with Crippen LogP contribution in [0, 0.1) is 17.0 Å². The van der Waals surface area contributed by atoms with Gasteiger partial charge in [-0.1, -0.05) is 54.6 Å². The highest BCUT2D eigenvalue weighted by atomic mass is 32.1. The van der Waals surface area contributed by atoms with Crippen LogP contribution in [0.25, 0.3) is 22.0 Å². The molecule has 0 aliphatic carbocycles. The molecule has 7 heteroatoms. The van der Waals surface area contributed by atoms with E-state index in [4.69, 9.17) is 10.1 Å². The number of aromatic nitrogens is 1. The van der Waals surface area contributed by atoms with Gasteiger partial charge in [-0.15, -0.1) is 11.3 Å². The maximum atomic E-state index is 11.4. The van der Waals surface area contributed by atoms with Crippen LogP contribution in [0.15, 0.2) is 76.1 Å². The monoisotopic (exact) mass is 444 g/mol. The van der Waals surface area contributed by atoms with Gasteiger partial charge in [0.15, 0.2) is 0 Å². The van der Waals surface area contributed by atoms with Gasteiger partial charge in [0.1, 0.15) is 0 Å². The van der Waals surface area contributed by atoms with Crippen LogP contribution in [0.3, 0.4) is 0 Å². The lowest BCUT2D eigenvalue weighted by atomic mass is 10.0. The summed E-state index contributed by atoms with van der Waals surface area (Å²) in [5, 5.41) is 20.6. The maximum Gasteiger partial charge on any atom is 0.272 e. The zero-order valence-electron chi connectivity index (χ0n) is 18.4. The van der Waals surface area contributed by atoms with Gasteiger partial charge in [-0.05, 0) is 38.5 Å². The minimum absolute atomic E-state index is 0.0914. The van der Waals surface area contributed by atoms with Gasteiger partial charge in [0.25, 0.3) is 5.69 Å². The zero-order valence-corrected chi connectivity index (χ0v) is 19.3. The number of fused-ring (bicyclic) bond motifs is 1. The summed E-state index contributed by atoms with van der Waals surface area (Å²) < 4.78 is 1.85. The largest absolute Gasteiger partial charge is 0.272 e. The molecular weight excluding hydrogens is 420 g/mol. The molecule has 0 amide bonds. The van der Waals surface area contributed by atoms with E-state index in [0.717, 1.165) is 26.8 Å². The molecule has 162 valence electrons. The summed E-state index contributed by atoms with van der Waals surface area (Å²) in [7, 11) is 0. The molecule has 0 aliphatic heterocycles. The van der Waals surface area contributed by atoms with E-state index < -0.39 is 0 Å². The molecule has 32 heavy (non-hydrogen) atoms. The minimum Gasteiger partial charge on any atom is -0.258 e. The normalized spacial score (nSPS) is 12.7. The lowest BCUT2D eigenvalue weighted by Gasteiger charge is -2.10. The molecule has 0 spiro atoms. The van der Waals surface area contributed by atoms with Crippen LogP contribution in [0.2, 0.25) is 0 Å². The molecule has 0 bridgehead atoms. The van der Waals surface area contributed by atoms with Gasteiger partial charge in [-0.3, -0.25) is 15.1 Å². The summed E-state index contributed by atoms with van der Waals surface area (Å²) >= 11 is 1.54. The molecular formula is C25H24N4O2S. The Balaban J connectivity index is 1.93. The highest BCUT2D eigenvalue weighted by molar-refractivity contribution is 7.07. The Morgan fingerprint density at radius 2 is 1.84 bits per heavy atom. The van der Waals surface area contributed by atoms with Crippen molar-refractivity contribution >= 4 is 33.5 Å². The molecule has 4 rings (SSSR count). The van der Waals surface area contributed by atoms with Gasteiger partial charge < -0.3 is 0 Å². The number of benzene rings is 3. The Hall–Kier alpha value is -3.58. The average Bonchev–Trinajstić information content (AvgIpc) is 3.14. The molecule has 1 heterocycles. The minimum atomic E-state index is -0.356. The third kappa shape index (κ3) is 4.24. The van der Waals surface area contributed by atoms with E-state index >= 15 is 0 Å². The van der Waals surface area contributed by atoms with Crippen LogP contribution in [0.5, 0.6) is 0 Å². The van der Waals surface area contributed by atoms with E-state index in [2.05, 4.69) is 29.6 Å². The highest BCUT2D eigenvalue weighted by Crippen LogP contribution is 2.29. The molecule has 0 saturated heterocycles. The van der Waals surface area contributed by atoms with E-state index in [1.54, 1.807) is 19.1 Å². The van der Waals surface area contributed by atoms with Crippen molar-refractivity contribution in [2.24, 2.45) is 10.1 Å². The number of aryl methyl sites for hydroxylation is 1. The molecule has 1 aromatic heterocycles. The van der Waals surface area contributed by atoms with Crippen LogP contribution < -0.4 is 4.80 Å². The first-order valence-electron chi connectivity index (χ1n) is 10.4. The van der Waals surface area contributed by atoms with Crippen molar-refractivity contribution in [3.8, 4) is 11.3 Å². The van der Waals surface area contributed by atoms with Gasteiger partial charge >= 0.3 is 0 Å². The first-order chi connectivity index (χ1) is 15.3. The standard InChI is InChI=1S/C25H24N4O2S/c1-16(2)26-25-28(27-18(4)20-13-12-17(3)23(14-20)29(30)31)24(15-32-25)22-11-7-9-19-8-5-6-10-21(19)22/h5-16H,1-4H3. The molecule has 0 aliphatic rings. The van der Waals surface area contributed by atoms with Crippen LogP contribution in [-0.2, 0) is 0 Å². The predicted molar refractivity (Wildman–Crippen MR) is 131 cm³/mol. The highest BCUT2D eigenvalue weighted by Gasteiger charge is 2.15. The van der Waals surface area contributed by atoms with E-state index in [9.17, 15) is 10.1 Å². The van der Waals surface area contributed by atoms with Crippen molar-refractivity contribution in [2.45, 2.75) is 33.7 Å². The fraction of sp³-hybridized carbons (Fsp3) is 0.200. The van der Waals surface area contributed by atoms with Gasteiger partial charge in [-0.2, -0.15) is 5.10 Å². The molecule has 0 unspecified atom stereocenters. The van der Waals surface area contributed by atoms with Crippen LogP contribution in [0.1, 0.15) is 31.9 Å². The summed E-state index contributed by atoms with van der Waals surface area (Å²) in [6, 6.07) is 19.8. The second-order valence-corrected chi connectivity index (χ2v) is 8.75. The topological polar surface area (TPSA) is 72.8 Å². The zero-order chi connectivity index (χ0) is 22.8. The Bertz CT molecular complexity index is 1410. The number of hydrogen-bond donors (Lipinski definition) is 0. The summed E-state index contributed by atoms with van der Waals surface area (Å²) in [6.45, 7) is 7.66. The van der Waals surface area contributed by atoms with E-state index in [1.165, 1.54) is 11.3 Å². The SMILES string of the molecule is CC(=Nn1c(-c2cccc3ccccc23)csc1=NC(C)C)c1ccc(C)c([N+](=O)[O-])c1. The third-order valence-electron chi connectivity index (χ3n) is 5.19. The molecule has 4 aromatic rings. The number of rotatable bonds is 5. The van der Waals surface area contributed by atoms with Crippen molar-refractivity contribution in [3.63, 3.8) is 0 Å². The summed E-state index contributed by atoms with van der Waals surface area (Å²) in [6.07, 6.45) is 0. The number of nitrogens with zero attached hydrogens (tertiary/aromatic N) is 4. The van der Waals surface area contributed by atoms with Crippen LogP contribution in [-0.4, -0.2) is 21.4 Å². The molecule has 0 N–H and O–H groups in total. The maximum absolute atomic E-state index is 11.4. The Morgan fingerprint density at radius 1 is 1.09 bits per heavy atom. The number of nitro groups is 1. The lowest BCUT2D eigenvalue weighted by molar-refractivity contribution is -0.385. The van der Waals surface area contributed by atoms with Gasteiger partial charge in [0.05, 0.1) is 16.3 Å². The molecule has 0 saturated carbocycles. The number of hydrogen-bond acceptors (Lipinski definition) is 5. The number of thiazole rings is 1. The van der Waals surface area contributed by atoms with E-state index in [0.29, 0.717) is 16.8 Å². The smallest absolute Gasteiger partial charge is 0.258 e. The molecule has 0 radical (unpaired) electrons. The second-order valence-electron chi connectivity index (χ2n) is 7.91. The number of nitro benzene ring substituents is 1. The fourth-order valence-corrected chi connectivity index (χ4v) is 4.53. The lowest BCUT2D eigenvalue weighted by Crippen LogP contribution is -2.16. The average molecular weight is 445 g/mol. The van der Waals surface area contributed by atoms with E-state index in [-0.39, 0.29) is 16.7 Å². The second kappa shape index (κ2) is 8.88. The molecule has 0 atom stereocenters. The predicted octanol–water partition coefficient (Wildman–Crippen LogP) is 6.17. The fourth-order valence-electron chi connectivity index (χ4n) is 3.58. The van der Waals surface area contributed by atoms with Crippen LogP contribution in [0.4, 0.5) is 5.69 Å². The van der Waals surface area contributed by atoms with Gasteiger partial charge in [0, 0.05) is 34.2 Å². The van der Waals surface area contributed by atoms with Crippen molar-refractivity contribution in [1.29, 1.82) is 0 Å². The quantitative estimate of drug-likeness (QED) is 0.210. The molecule has 3 aromatic carbocycles. The van der Waals surface area contributed by atoms with E-state index in [1.807, 2.05) is 49.7 Å². The van der Waals surface area contributed by atoms with Crippen molar-refractivity contribution in [3.05, 3.63) is 92.1 Å². The first-order valence-corrected chi connectivity index (χ1v) is 11.3. The summed E-state index contributed by atoms with van der Waals surface area (Å²) in [5.41, 5.74) is 4.11. The Labute approximate surface area is 190 Å². The van der Waals surface area contributed by atoms with Crippen molar-refractivity contribution < 1.29 is 4.92 Å². The van der Waals surface area contributed by atoms with Crippen LogP contribution >= 0.6 is 11.3 Å². The summed E-state index contributed by atoms with van der Waals surface area (Å²) in [4.78, 5) is 16.6. The molecule has 6 nitrogen and oxygen atoms in total. The first kappa shape index (κ1) is 21.6. The summed E-state index contributed by atoms with van der Waals surface area (Å²) in [5.74, 6) is 0. The third-order valence-corrected chi connectivity index (χ3v) is 6.02. The molecule has 0 fully saturated rings. The van der Waals surface area contributed by atoms with Gasteiger partial charge in [0.2, 0.25) is 4.80 Å². The van der Waals surface area contributed by atoms with Gasteiger partial charge in [-0.25, -0.2) is 4.68 Å². The Kier molecular flexibility index (Phi) is 6.01.